The molecule has 11 rings (SSSR count). The quantitative estimate of drug-likeness (QED) is 0.186. The Morgan fingerprint density at radius 1 is 0.373 bits per heavy atom. The second kappa shape index (κ2) is 10.9. The molecule has 0 aliphatic heterocycles. The first-order valence-electron chi connectivity index (χ1n) is 16.8. The molecular weight excluding hydrogens is 647 g/mol. The van der Waals surface area contributed by atoms with Crippen LogP contribution in [0.3, 0.4) is 0 Å². The Morgan fingerprint density at radius 3 is 1.78 bits per heavy atom. The molecule has 0 fully saturated rings. The smallest absolute Gasteiger partial charge is 0.164 e. The van der Waals surface area contributed by atoms with E-state index in [1.54, 1.807) is 11.3 Å². The number of fused-ring (bicyclic) bond motifs is 9. The molecule has 51 heavy (non-hydrogen) atoms. The van der Waals surface area contributed by atoms with Crippen LogP contribution in [0.1, 0.15) is 0 Å². The van der Waals surface area contributed by atoms with Gasteiger partial charge in [0.05, 0.1) is 0 Å². The van der Waals surface area contributed by atoms with Gasteiger partial charge >= 0.3 is 0 Å². The van der Waals surface area contributed by atoms with E-state index in [1.807, 2.05) is 72.8 Å². The van der Waals surface area contributed by atoms with Gasteiger partial charge in [0.2, 0.25) is 0 Å². The van der Waals surface area contributed by atoms with Crippen molar-refractivity contribution in [2.45, 2.75) is 0 Å². The second-order valence-corrected chi connectivity index (χ2v) is 13.8. The van der Waals surface area contributed by atoms with Crippen LogP contribution in [0.4, 0.5) is 0 Å². The lowest BCUT2D eigenvalue weighted by Gasteiger charge is -2.09. The number of para-hydroxylation sites is 3. The molecular formula is C45H25N3O2S. The number of hydrogen-bond acceptors (Lipinski definition) is 6. The molecule has 11 aromatic rings. The number of thiophene rings is 1. The third-order valence-corrected chi connectivity index (χ3v) is 10.9. The first kappa shape index (κ1) is 28.2. The average molecular weight is 672 g/mol. The SMILES string of the molecule is c1ccc(-c2nc(-c3ccc4c(c3)sc3cc(-c5cccc6c5oc5ccccc56)ccc34)nc(-c3cccc4oc5ccccc5c34)n2)cc1. The number of aromatic nitrogens is 3. The van der Waals surface area contributed by atoms with E-state index in [9.17, 15) is 0 Å². The Morgan fingerprint density at radius 2 is 0.961 bits per heavy atom. The van der Waals surface area contributed by atoms with Gasteiger partial charge in [-0.3, -0.25) is 0 Å². The van der Waals surface area contributed by atoms with Crippen molar-refractivity contribution in [2.24, 2.45) is 0 Å². The Hall–Kier alpha value is -6.63. The predicted octanol–water partition coefficient (Wildman–Crippen LogP) is 12.7. The highest BCUT2D eigenvalue weighted by Gasteiger charge is 2.19. The molecule has 0 aliphatic carbocycles. The van der Waals surface area contributed by atoms with E-state index in [2.05, 4.69) is 78.9 Å². The van der Waals surface area contributed by atoms with E-state index in [0.717, 1.165) is 71.7 Å². The van der Waals surface area contributed by atoms with Gasteiger partial charge in [-0.25, -0.2) is 15.0 Å². The van der Waals surface area contributed by atoms with Crippen LogP contribution in [-0.2, 0) is 0 Å². The molecule has 238 valence electrons. The summed E-state index contributed by atoms with van der Waals surface area (Å²) in [5.74, 6) is 1.86. The van der Waals surface area contributed by atoms with E-state index in [1.165, 1.54) is 20.2 Å². The maximum atomic E-state index is 6.38. The summed E-state index contributed by atoms with van der Waals surface area (Å²) in [6.45, 7) is 0. The van der Waals surface area contributed by atoms with Crippen molar-refractivity contribution in [1.82, 2.24) is 15.0 Å². The topological polar surface area (TPSA) is 65.0 Å². The first-order chi connectivity index (χ1) is 25.2. The van der Waals surface area contributed by atoms with Gasteiger partial charge in [-0.15, -0.1) is 11.3 Å². The molecule has 0 atom stereocenters. The van der Waals surface area contributed by atoms with Crippen molar-refractivity contribution in [3.63, 3.8) is 0 Å². The third-order valence-electron chi connectivity index (χ3n) is 9.76. The van der Waals surface area contributed by atoms with Gasteiger partial charge in [0, 0.05) is 64.0 Å². The van der Waals surface area contributed by atoms with Gasteiger partial charge in [0.1, 0.15) is 22.3 Å². The van der Waals surface area contributed by atoms with E-state index >= 15 is 0 Å². The maximum Gasteiger partial charge on any atom is 0.164 e. The van der Waals surface area contributed by atoms with Crippen LogP contribution in [0.15, 0.2) is 160 Å². The minimum atomic E-state index is 0.608. The van der Waals surface area contributed by atoms with Crippen LogP contribution < -0.4 is 0 Å². The molecule has 7 aromatic carbocycles. The highest BCUT2D eigenvalue weighted by Crippen LogP contribution is 2.42. The van der Waals surface area contributed by atoms with Gasteiger partial charge in [0.25, 0.3) is 0 Å². The van der Waals surface area contributed by atoms with Crippen molar-refractivity contribution in [3.05, 3.63) is 152 Å². The van der Waals surface area contributed by atoms with E-state index < -0.39 is 0 Å². The zero-order chi connectivity index (χ0) is 33.5. The Balaban J connectivity index is 1.07. The lowest BCUT2D eigenvalue weighted by Crippen LogP contribution is -2.00. The molecule has 0 saturated carbocycles. The zero-order valence-corrected chi connectivity index (χ0v) is 27.8. The van der Waals surface area contributed by atoms with E-state index in [-0.39, 0.29) is 0 Å². The molecule has 4 aromatic heterocycles. The Bertz CT molecular complexity index is 3160. The predicted molar refractivity (Wildman–Crippen MR) is 209 cm³/mol. The van der Waals surface area contributed by atoms with Crippen LogP contribution in [0.25, 0.3) is 109 Å². The Kier molecular flexibility index (Phi) is 6.05. The number of nitrogens with zero attached hydrogens (tertiary/aromatic N) is 3. The molecule has 6 heteroatoms. The lowest BCUT2D eigenvalue weighted by atomic mass is 10.0. The average Bonchev–Trinajstić information content (AvgIpc) is 3.88. The van der Waals surface area contributed by atoms with Gasteiger partial charge in [-0.2, -0.15) is 0 Å². The van der Waals surface area contributed by atoms with Crippen molar-refractivity contribution < 1.29 is 8.83 Å². The normalized spacial score (nSPS) is 11.9. The standard InChI is InChI=1S/C45H25N3O2S/c1-2-10-26(11-3-1)43-46-44(48-45(47-43)35-16-9-19-38-41(35)34-13-5-7-18-37(34)49-38)28-21-23-32-31-22-20-27(24-39(31)51-40(32)25-28)29-14-8-15-33-30-12-4-6-17-36(30)50-42(29)33/h1-25H. The fourth-order valence-corrected chi connectivity index (χ4v) is 8.55. The highest BCUT2D eigenvalue weighted by atomic mass is 32.1. The number of furan rings is 2. The number of hydrogen-bond donors (Lipinski definition) is 0. The van der Waals surface area contributed by atoms with Crippen molar-refractivity contribution in [2.75, 3.05) is 0 Å². The summed E-state index contributed by atoms with van der Waals surface area (Å²) in [4.78, 5) is 15.2. The van der Waals surface area contributed by atoms with Gasteiger partial charge in [-0.1, -0.05) is 121 Å². The monoisotopic (exact) mass is 671 g/mol. The molecule has 0 aliphatic rings. The second-order valence-electron chi connectivity index (χ2n) is 12.8. The fraction of sp³-hybridized carbons (Fsp3) is 0. The largest absolute Gasteiger partial charge is 0.456 e. The summed E-state index contributed by atoms with van der Waals surface area (Å²) >= 11 is 1.78. The van der Waals surface area contributed by atoms with E-state index in [0.29, 0.717) is 17.5 Å². The molecule has 0 bridgehead atoms. The molecule has 4 heterocycles. The molecule has 0 unspecified atom stereocenters. The van der Waals surface area contributed by atoms with E-state index in [4.69, 9.17) is 23.8 Å². The van der Waals surface area contributed by atoms with Gasteiger partial charge in [-0.05, 0) is 35.9 Å². The molecule has 0 saturated heterocycles. The van der Waals surface area contributed by atoms with Crippen molar-refractivity contribution >= 4 is 75.4 Å². The number of benzene rings is 7. The summed E-state index contributed by atoms with van der Waals surface area (Å²) in [5.41, 5.74) is 8.47. The summed E-state index contributed by atoms with van der Waals surface area (Å²) in [5, 5.41) is 6.73. The lowest BCUT2D eigenvalue weighted by molar-refractivity contribution is 0.669. The van der Waals surface area contributed by atoms with Crippen LogP contribution in [-0.4, -0.2) is 15.0 Å². The molecule has 0 radical (unpaired) electrons. The minimum Gasteiger partial charge on any atom is -0.456 e. The van der Waals surface area contributed by atoms with Crippen LogP contribution >= 0.6 is 11.3 Å². The Labute approximate surface area is 295 Å². The summed E-state index contributed by atoms with van der Waals surface area (Å²) < 4.78 is 15.0. The molecule has 0 N–H and O–H groups in total. The summed E-state index contributed by atoms with van der Waals surface area (Å²) in [6, 6.07) is 52.1. The fourth-order valence-electron chi connectivity index (χ4n) is 7.36. The third kappa shape index (κ3) is 4.43. The van der Waals surface area contributed by atoms with Crippen LogP contribution in [0.5, 0.6) is 0 Å². The molecule has 0 spiro atoms. The van der Waals surface area contributed by atoms with Crippen LogP contribution in [0.2, 0.25) is 0 Å². The summed E-state index contributed by atoms with van der Waals surface area (Å²) in [6.07, 6.45) is 0. The zero-order valence-electron chi connectivity index (χ0n) is 27.0. The number of rotatable bonds is 4. The van der Waals surface area contributed by atoms with Crippen molar-refractivity contribution in [3.8, 4) is 45.3 Å². The van der Waals surface area contributed by atoms with Crippen LogP contribution in [0, 0.1) is 0 Å². The molecule has 0 amide bonds. The first-order valence-corrected chi connectivity index (χ1v) is 17.7. The molecule has 5 nitrogen and oxygen atoms in total. The van der Waals surface area contributed by atoms with Gasteiger partial charge in [0.15, 0.2) is 17.5 Å². The highest BCUT2D eigenvalue weighted by molar-refractivity contribution is 7.25. The maximum absolute atomic E-state index is 6.38. The van der Waals surface area contributed by atoms with Crippen molar-refractivity contribution in [1.29, 1.82) is 0 Å². The minimum absolute atomic E-state index is 0.608. The summed E-state index contributed by atoms with van der Waals surface area (Å²) in [7, 11) is 0. The van der Waals surface area contributed by atoms with Gasteiger partial charge < -0.3 is 8.83 Å².